The fourth-order valence-corrected chi connectivity index (χ4v) is 8.81. The Bertz CT molecular complexity index is 982. The number of carbonyl (C=O) groups is 3. The lowest BCUT2D eigenvalue weighted by Crippen LogP contribution is -2.30. The predicted molar refractivity (Wildman–Crippen MR) is 275 cm³/mol. The van der Waals surface area contributed by atoms with Gasteiger partial charge in [-0.1, -0.05) is 285 Å². The molecule has 6 heteroatoms. The molecule has 0 radical (unpaired) electrons. The van der Waals surface area contributed by atoms with E-state index in [-0.39, 0.29) is 31.1 Å². The van der Waals surface area contributed by atoms with Crippen molar-refractivity contribution in [3.8, 4) is 0 Å². The number of hydrogen-bond donors (Lipinski definition) is 0. The van der Waals surface area contributed by atoms with Crippen LogP contribution in [0.5, 0.6) is 0 Å². The minimum absolute atomic E-state index is 0.0630. The van der Waals surface area contributed by atoms with E-state index in [1.807, 2.05) is 0 Å². The second kappa shape index (κ2) is 50.8. The van der Waals surface area contributed by atoms with Crippen LogP contribution in [0.15, 0.2) is 0 Å². The smallest absolute Gasteiger partial charge is 0.306 e. The highest BCUT2D eigenvalue weighted by Gasteiger charge is 2.19. The standard InChI is InChI=1S/C58H112O6/c1-6-9-10-11-12-13-14-15-16-17-21-24-27-33-38-43-48-56(59)62-51-55(52-63-57(60)49-44-39-34-30-29-32-37-42-47-54(5)8-3)64-58(61)50-45-40-35-28-25-22-19-18-20-23-26-31-36-41-46-53(4)7-2/h53-55H,6-52H2,1-5H3/t53?,54?,55-/m0/s1. The number of rotatable bonds is 52. The summed E-state index contributed by atoms with van der Waals surface area (Å²) < 4.78 is 16.9. The maximum Gasteiger partial charge on any atom is 0.306 e. The summed E-state index contributed by atoms with van der Waals surface area (Å²) >= 11 is 0. The molecule has 0 spiro atoms. The summed E-state index contributed by atoms with van der Waals surface area (Å²) in [5.41, 5.74) is 0. The molecule has 0 N–H and O–H groups in total. The van der Waals surface area contributed by atoms with Crippen molar-refractivity contribution in [2.75, 3.05) is 13.2 Å². The Kier molecular flexibility index (Phi) is 49.6. The van der Waals surface area contributed by atoms with Crippen LogP contribution in [0, 0.1) is 11.8 Å². The van der Waals surface area contributed by atoms with E-state index in [0.717, 1.165) is 69.6 Å². The number of esters is 3. The first-order valence-electron chi connectivity index (χ1n) is 28.8. The normalized spacial score (nSPS) is 12.9. The fraction of sp³-hybridized carbons (Fsp3) is 0.948. The van der Waals surface area contributed by atoms with Gasteiger partial charge in [-0.3, -0.25) is 14.4 Å². The Morgan fingerprint density at radius 3 is 0.812 bits per heavy atom. The molecule has 2 unspecified atom stereocenters. The highest BCUT2D eigenvalue weighted by molar-refractivity contribution is 5.71. The maximum absolute atomic E-state index is 12.8. The summed E-state index contributed by atoms with van der Waals surface area (Å²) in [6, 6.07) is 0. The molecule has 0 heterocycles. The Morgan fingerprint density at radius 2 is 0.547 bits per heavy atom. The Labute approximate surface area is 399 Å². The van der Waals surface area contributed by atoms with Gasteiger partial charge in [0.15, 0.2) is 6.10 Å². The van der Waals surface area contributed by atoms with Gasteiger partial charge in [0.1, 0.15) is 13.2 Å². The molecule has 0 fully saturated rings. The Morgan fingerprint density at radius 1 is 0.312 bits per heavy atom. The molecule has 64 heavy (non-hydrogen) atoms. The number of unbranched alkanes of at least 4 members (excludes halogenated alkanes) is 35. The van der Waals surface area contributed by atoms with Crippen molar-refractivity contribution < 1.29 is 28.6 Å². The first kappa shape index (κ1) is 62.4. The summed E-state index contributed by atoms with van der Waals surface area (Å²) in [4.78, 5) is 38.1. The van der Waals surface area contributed by atoms with Crippen molar-refractivity contribution in [2.45, 2.75) is 330 Å². The van der Waals surface area contributed by atoms with Crippen LogP contribution in [0.25, 0.3) is 0 Å². The lowest BCUT2D eigenvalue weighted by atomic mass is 9.99. The molecule has 0 aliphatic carbocycles. The average Bonchev–Trinajstić information content (AvgIpc) is 3.29. The quantitative estimate of drug-likeness (QED) is 0.0344. The lowest BCUT2D eigenvalue weighted by molar-refractivity contribution is -0.167. The van der Waals surface area contributed by atoms with E-state index in [0.29, 0.717) is 19.3 Å². The summed E-state index contributed by atoms with van der Waals surface area (Å²) in [6.45, 7) is 11.4. The fourth-order valence-electron chi connectivity index (χ4n) is 8.81. The number of hydrogen-bond acceptors (Lipinski definition) is 6. The molecule has 0 aromatic carbocycles. The van der Waals surface area contributed by atoms with Gasteiger partial charge < -0.3 is 14.2 Å². The van der Waals surface area contributed by atoms with E-state index < -0.39 is 6.10 Å². The van der Waals surface area contributed by atoms with Crippen LogP contribution < -0.4 is 0 Å². The van der Waals surface area contributed by atoms with Crippen molar-refractivity contribution in [3.63, 3.8) is 0 Å². The van der Waals surface area contributed by atoms with Gasteiger partial charge in [-0.15, -0.1) is 0 Å². The van der Waals surface area contributed by atoms with Crippen molar-refractivity contribution >= 4 is 17.9 Å². The van der Waals surface area contributed by atoms with E-state index in [9.17, 15) is 14.4 Å². The molecule has 0 saturated heterocycles. The second-order valence-electron chi connectivity index (χ2n) is 20.4. The topological polar surface area (TPSA) is 78.9 Å². The Hall–Kier alpha value is -1.59. The summed E-state index contributed by atoms with van der Waals surface area (Å²) in [7, 11) is 0. The van der Waals surface area contributed by atoms with Gasteiger partial charge in [-0.05, 0) is 31.1 Å². The SMILES string of the molecule is CCCCCCCCCCCCCCCCCCC(=O)OC[C@@H](COC(=O)CCCCCCCCCCC(C)CC)OC(=O)CCCCCCCCCCCCCCCCC(C)CC. The van der Waals surface area contributed by atoms with E-state index >= 15 is 0 Å². The third-order valence-corrected chi connectivity index (χ3v) is 13.9. The third kappa shape index (κ3) is 48.3. The van der Waals surface area contributed by atoms with E-state index in [4.69, 9.17) is 14.2 Å². The van der Waals surface area contributed by atoms with Crippen molar-refractivity contribution in [1.29, 1.82) is 0 Å². The van der Waals surface area contributed by atoms with Crippen LogP contribution in [0.1, 0.15) is 324 Å². The zero-order valence-electron chi connectivity index (χ0n) is 43.9. The van der Waals surface area contributed by atoms with Gasteiger partial charge in [0.2, 0.25) is 0 Å². The van der Waals surface area contributed by atoms with Crippen LogP contribution in [0.2, 0.25) is 0 Å². The lowest BCUT2D eigenvalue weighted by Gasteiger charge is -2.18. The van der Waals surface area contributed by atoms with Crippen LogP contribution in [-0.4, -0.2) is 37.2 Å². The first-order valence-corrected chi connectivity index (χ1v) is 28.8. The van der Waals surface area contributed by atoms with Crippen LogP contribution >= 0.6 is 0 Å². The minimum atomic E-state index is -0.763. The molecule has 380 valence electrons. The van der Waals surface area contributed by atoms with Crippen LogP contribution in [0.4, 0.5) is 0 Å². The molecule has 0 saturated carbocycles. The highest BCUT2D eigenvalue weighted by Crippen LogP contribution is 2.19. The van der Waals surface area contributed by atoms with Crippen LogP contribution in [0.3, 0.4) is 0 Å². The van der Waals surface area contributed by atoms with E-state index in [1.54, 1.807) is 0 Å². The second-order valence-corrected chi connectivity index (χ2v) is 20.4. The average molecular weight is 906 g/mol. The molecular formula is C58H112O6. The number of ether oxygens (including phenoxy) is 3. The zero-order chi connectivity index (χ0) is 46.8. The van der Waals surface area contributed by atoms with Gasteiger partial charge in [-0.25, -0.2) is 0 Å². The summed E-state index contributed by atoms with van der Waals surface area (Å²) in [6.07, 6.45) is 53.7. The molecule has 0 aromatic heterocycles. The Balaban J connectivity index is 4.30. The molecule has 0 bridgehead atoms. The van der Waals surface area contributed by atoms with Gasteiger partial charge >= 0.3 is 17.9 Å². The number of carbonyl (C=O) groups excluding carboxylic acids is 3. The van der Waals surface area contributed by atoms with Gasteiger partial charge in [0.05, 0.1) is 0 Å². The van der Waals surface area contributed by atoms with Gasteiger partial charge in [-0.2, -0.15) is 0 Å². The molecule has 6 nitrogen and oxygen atoms in total. The summed E-state index contributed by atoms with van der Waals surface area (Å²) in [5, 5.41) is 0. The molecule has 0 aromatic rings. The van der Waals surface area contributed by atoms with E-state index in [2.05, 4.69) is 34.6 Å². The third-order valence-electron chi connectivity index (χ3n) is 13.9. The molecular weight excluding hydrogens is 793 g/mol. The maximum atomic E-state index is 12.8. The van der Waals surface area contributed by atoms with Gasteiger partial charge in [0.25, 0.3) is 0 Å². The summed E-state index contributed by atoms with van der Waals surface area (Å²) in [5.74, 6) is 0.901. The van der Waals surface area contributed by atoms with Crippen molar-refractivity contribution in [2.24, 2.45) is 11.8 Å². The van der Waals surface area contributed by atoms with Gasteiger partial charge in [0, 0.05) is 19.3 Å². The monoisotopic (exact) mass is 905 g/mol. The minimum Gasteiger partial charge on any atom is -0.462 e. The largest absolute Gasteiger partial charge is 0.462 e. The van der Waals surface area contributed by atoms with Crippen molar-refractivity contribution in [1.82, 2.24) is 0 Å². The molecule has 0 aliphatic heterocycles. The first-order chi connectivity index (χ1) is 31.3. The molecule has 3 atom stereocenters. The highest BCUT2D eigenvalue weighted by atomic mass is 16.6. The molecule has 0 rings (SSSR count). The van der Waals surface area contributed by atoms with E-state index in [1.165, 1.54) is 212 Å². The predicted octanol–water partition coefficient (Wildman–Crippen LogP) is 18.9. The molecule has 0 aliphatic rings. The van der Waals surface area contributed by atoms with Crippen LogP contribution in [-0.2, 0) is 28.6 Å². The van der Waals surface area contributed by atoms with Crippen molar-refractivity contribution in [3.05, 3.63) is 0 Å². The molecule has 0 amide bonds. The zero-order valence-corrected chi connectivity index (χ0v) is 43.9.